The normalized spacial score (nSPS) is 16.7. The molecule has 198 valence electrons. The zero-order valence-corrected chi connectivity index (χ0v) is 22.5. The smallest absolute Gasteiger partial charge is 0.153 e. The highest BCUT2D eigenvalue weighted by Crippen LogP contribution is 2.36. The molecule has 39 heavy (non-hydrogen) atoms. The number of ether oxygens (including phenoxy) is 1. The molecule has 0 fully saturated rings. The van der Waals surface area contributed by atoms with Crippen molar-refractivity contribution in [1.29, 1.82) is 0 Å². The molecule has 0 saturated carbocycles. The first-order valence-corrected chi connectivity index (χ1v) is 13.2. The minimum Gasteiger partial charge on any atom is -0.383 e. The molecule has 0 bridgehead atoms. The molecule has 1 N–H and O–H groups in total. The Labute approximate surface area is 227 Å². The standard InChI is InChI=1S/C30H32N8O/c1-36-13-12-29(35-36)33-28-9-5-8-25-23(18-31-28)10-11-26-30(25)27(37(2)34-26)17-21-6-4-7-22(16-21)24-19-32-38(20-24)14-15-39-3/h4-9,12-13,16,18-20H,10-11,14-15,17H2,1-3H3,(H,31,33,35). The van der Waals surface area contributed by atoms with Crippen LogP contribution < -0.4 is 5.32 Å². The molecule has 0 atom stereocenters. The average Bonchev–Trinajstić information content (AvgIpc) is 3.64. The number of methoxy groups -OCH3 is 1. The van der Waals surface area contributed by atoms with E-state index in [0.717, 1.165) is 54.3 Å². The number of nitrogens with one attached hydrogen (secondary N) is 1. The predicted octanol–water partition coefficient (Wildman–Crippen LogP) is 4.55. The Morgan fingerprint density at radius 1 is 1.08 bits per heavy atom. The first-order valence-electron chi connectivity index (χ1n) is 13.2. The van der Waals surface area contributed by atoms with Gasteiger partial charge in [-0.3, -0.25) is 14.0 Å². The molecule has 0 spiro atoms. The van der Waals surface area contributed by atoms with E-state index in [2.05, 4.69) is 58.1 Å². The number of hydrogen-bond acceptors (Lipinski definition) is 6. The maximum atomic E-state index is 5.18. The molecule has 6 rings (SSSR count). The van der Waals surface area contributed by atoms with Crippen molar-refractivity contribution in [3.05, 3.63) is 101 Å². The molecule has 3 aromatic heterocycles. The molecular formula is C30H32N8O. The van der Waals surface area contributed by atoms with Crippen molar-refractivity contribution in [2.45, 2.75) is 25.8 Å². The third kappa shape index (κ3) is 5.26. The molecule has 4 heterocycles. The summed E-state index contributed by atoms with van der Waals surface area (Å²) in [5.74, 6) is 1.53. The second-order valence-corrected chi connectivity index (χ2v) is 9.86. The van der Waals surface area contributed by atoms with E-state index in [4.69, 9.17) is 14.8 Å². The third-order valence-electron chi connectivity index (χ3n) is 7.12. The van der Waals surface area contributed by atoms with Gasteiger partial charge in [-0.05, 0) is 41.2 Å². The maximum absolute atomic E-state index is 5.18. The first kappa shape index (κ1) is 24.8. The minimum absolute atomic E-state index is 0.640. The zero-order valence-electron chi connectivity index (χ0n) is 22.5. The fourth-order valence-electron chi connectivity index (χ4n) is 5.17. The van der Waals surface area contributed by atoms with Crippen LogP contribution in [-0.4, -0.2) is 49.3 Å². The van der Waals surface area contributed by atoms with Gasteiger partial charge in [0.15, 0.2) is 5.82 Å². The van der Waals surface area contributed by atoms with E-state index < -0.39 is 0 Å². The van der Waals surface area contributed by atoms with Gasteiger partial charge >= 0.3 is 0 Å². The number of nitrogens with zero attached hydrogens (tertiary/aromatic N) is 7. The summed E-state index contributed by atoms with van der Waals surface area (Å²) < 4.78 is 10.9. The van der Waals surface area contributed by atoms with E-state index in [-0.39, 0.29) is 0 Å². The van der Waals surface area contributed by atoms with Crippen LogP contribution in [0, 0.1) is 0 Å². The fourth-order valence-corrected chi connectivity index (χ4v) is 5.17. The summed E-state index contributed by atoms with van der Waals surface area (Å²) >= 11 is 0. The van der Waals surface area contributed by atoms with E-state index in [0.29, 0.717) is 6.61 Å². The zero-order chi connectivity index (χ0) is 26.8. The van der Waals surface area contributed by atoms with Gasteiger partial charge < -0.3 is 10.1 Å². The molecule has 1 aliphatic heterocycles. The summed E-state index contributed by atoms with van der Waals surface area (Å²) in [4.78, 5) is 4.75. The summed E-state index contributed by atoms with van der Waals surface area (Å²) in [6.07, 6.45) is 16.7. The van der Waals surface area contributed by atoms with Crippen LogP contribution in [0.2, 0.25) is 0 Å². The highest BCUT2D eigenvalue weighted by Gasteiger charge is 2.25. The van der Waals surface area contributed by atoms with Crippen molar-refractivity contribution in [3.8, 4) is 11.1 Å². The molecule has 1 aromatic carbocycles. The van der Waals surface area contributed by atoms with Gasteiger partial charge in [0.1, 0.15) is 5.82 Å². The minimum atomic E-state index is 0.640. The van der Waals surface area contributed by atoms with Crippen LogP contribution in [0.5, 0.6) is 0 Å². The van der Waals surface area contributed by atoms with Gasteiger partial charge in [-0.15, -0.1) is 0 Å². The second kappa shape index (κ2) is 10.7. The molecule has 0 amide bonds. The Hall–Kier alpha value is -4.50. The lowest BCUT2D eigenvalue weighted by Crippen LogP contribution is -2.08. The van der Waals surface area contributed by atoms with E-state index in [1.54, 1.807) is 11.8 Å². The van der Waals surface area contributed by atoms with Crippen LogP contribution in [0.3, 0.4) is 0 Å². The van der Waals surface area contributed by atoms with Crippen LogP contribution in [0.4, 0.5) is 5.82 Å². The number of aryl methyl sites for hydroxylation is 3. The molecule has 1 aliphatic carbocycles. The van der Waals surface area contributed by atoms with Crippen molar-refractivity contribution in [2.75, 3.05) is 19.0 Å². The number of aliphatic imine (C=N–C) groups is 1. The van der Waals surface area contributed by atoms with Crippen molar-refractivity contribution >= 4 is 17.6 Å². The average molecular weight is 521 g/mol. The van der Waals surface area contributed by atoms with Crippen LogP contribution in [0.25, 0.3) is 16.7 Å². The summed E-state index contributed by atoms with van der Waals surface area (Å²) in [5.41, 5.74) is 9.50. The van der Waals surface area contributed by atoms with E-state index in [1.165, 1.54) is 28.0 Å². The van der Waals surface area contributed by atoms with Gasteiger partial charge in [0.25, 0.3) is 0 Å². The Bertz CT molecular complexity index is 1630. The number of anilines is 1. The lowest BCUT2D eigenvalue weighted by atomic mass is 9.86. The summed E-state index contributed by atoms with van der Waals surface area (Å²) in [5, 5.41) is 17.1. The quantitative estimate of drug-likeness (QED) is 0.368. The SMILES string of the molecule is COCCn1cc(-c2cccc(Cc3c4c(nn3C)CCC3=C4/C=C/C=C(\Nc4ccn(C)n4)N=C3)c2)cn1. The third-order valence-corrected chi connectivity index (χ3v) is 7.12. The topological polar surface area (TPSA) is 87.1 Å². The molecule has 2 aliphatic rings. The van der Waals surface area contributed by atoms with Crippen LogP contribution in [0.15, 0.2) is 83.5 Å². The molecular weight excluding hydrogens is 488 g/mol. The number of aromatic nitrogens is 6. The van der Waals surface area contributed by atoms with Gasteiger partial charge in [-0.25, -0.2) is 4.99 Å². The Balaban J connectivity index is 1.27. The van der Waals surface area contributed by atoms with Crippen molar-refractivity contribution in [1.82, 2.24) is 29.3 Å². The molecule has 9 nitrogen and oxygen atoms in total. The highest BCUT2D eigenvalue weighted by atomic mass is 16.5. The summed E-state index contributed by atoms with van der Waals surface area (Å²) in [6, 6.07) is 10.6. The van der Waals surface area contributed by atoms with Crippen molar-refractivity contribution in [2.24, 2.45) is 19.1 Å². The number of rotatable bonds is 8. The molecule has 0 unspecified atom stereocenters. The second-order valence-electron chi connectivity index (χ2n) is 9.86. The fraction of sp³-hybridized carbons (Fsp3) is 0.267. The van der Waals surface area contributed by atoms with Crippen LogP contribution in [0.1, 0.15) is 28.9 Å². The van der Waals surface area contributed by atoms with Crippen LogP contribution in [-0.2, 0) is 38.2 Å². The first-order chi connectivity index (χ1) is 19.1. The number of fused-ring (bicyclic) bond motifs is 2. The Kier molecular flexibility index (Phi) is 6.81. The number of hydrogen-bond donors (Lipinski definition) is 1. The molecule has 9 heteroatoms. The van der Waals surface area contributed by atoms with Crippen molar-refractivity contribution in [3.63, 3.8) is 0 Å². The molecule has 0 saturated heterocycles. The summed E-state index contributed by atoms with van der Waals surface area (Å²) in [6.45, 7) is 1.38. The molecule has 0 radical (unpaired) electrons. The molecule has 4 aromatic rings. The number of allylic oxidation sites excluding steroid dienone is 5. The van der Waals surface area contributed by atoms with Gasteiger partial charge in [0.2, 0.25) is 0 Å². The Morgan fingerprint density at radius 2 is 2.00 bits per heavy atom. The highest BCUT2D eigenvalue weighted by molar-refractivity contribution is 5.97. The predicted molar refractivity (Wildman–Crippen MR) is 153 cm³/mol. The van der Waals surface area contributed by atoms with E-state index in [9.17, 15) is 0 Å². The monoisotopic (exact) mass is 520 g/mol. The lowest BCUT2D eigenvalue weighted by molar-refractivity contribution is 0.183. The van der Waals surface area contributed by atoms with Gasteiger partial charge in [0.05, 0.1) is 30.7 Å². The van der Waals surface area contributed by atoms with Gasteiger partial charge in [-0.2, -0.15) is 15.3 Å². The Morgan fingerprint density at radius 3 is 2.85 bits per heavy atom. The van der Waals surface area contributed by atoms with Gasteiger partial charge in [-0.1, -0.05) is 36.4 Å². The van der Waals surface area contributed by atoms with E-state index >= 15 is 0 Å². The largest absolute Gasteiger partial charge is 0.383 e. The summed E-state index contributed by atoms with van der Waals surface area (Å²) in [7, 11) is 5.66. The van der Waals surface area contributed by atoms with Crippen LogP contribution >= 0.6 is 0 Å². The lowest BCUT2D eigenvalue weighted by Gasteiger charge is -2.18. The van der Waals surface area contributed by atoms with Gasteiger partial charge in [0, 0.05) is 63.4 Å². The van der Waals surface area contributed by atoms with Crippen molar-refractivity contribution < 1.29 is 4.74 Å². The number of benzene rings is 1. The maximum Gasteiger partial charge on any atom is 0.153 e. The van der Waals surface area contributed by atoms with E-state index in [1.807, 2.05) is 54.2 Å².